The first-order chi connectivity index (χ1) is 31.2. The number of allylic oxidation sites excluding steroid dienone is 1. The molecule has 0 aliphatic heterocycles. The van der Waals surface area contributed by atoms with Gasteiger partial charge in [-0.05, 0) is 127 Å². The average molecular weight is 801 g/mol. The molecule has 0 spiro atoms. The minimum absolute atomic E-state index is 1.20. The van der Waals surface area contributed by atoms with Crippen molar-refractivity contribution in [2.75, 3.05) is 0 Å². The number of hydrogen-bond acceptors (Lipinski definition) is 0. The molecule has 0 N–H and O–H groups in total. The van der Waals surface area contributed by atoms with Gasteiger partial charge in [0.15, 0.2) is 0 Å². The smallest absolute Gasteiger partial charge is 0.00137 e. The molecule has 0 unspecified atom stereocenters. The Balaban J connectivity index is 0.00000144. The van der Waals surface area contributed by atoms with E-state index in [2.05, 4.69) is 237 Å². The highest BCUT2D eigenvalue weighted by molar-refractivity contribution is 6.30. The third kappa shape index (κ3) is 6.47. The van der Waals surface area contributed by atoms with Gasteiger partial charge in [-0.2, -0.15) is 0 Å². The molecule has 296 valence electrons. The lowest BCUT2D eigenvalue weighted by Crippen LogP contribution is -1.96. The van der Waals surface area contributed by atoms with E-state index in [1.54, 1.807) is 6.08 Å². The molecular weight excluding hydrogens is 757 g/mol. The second-order valence-corrected chi connectivity index (χ2v) is 16.3. The van der Waals surface area contributed by atoms with Crippen molar-refractivity contribution in [3.05, 3.63) is 243 Å². The first kappa shape index (κ1) is 37.9. The average Bonchev–Trinajstić information content (AvgIpc) is 3.35. The quantitative estimate of drug-likeness (QED) is 0.120. The first-order valence-electron chi connectivity index (χ1n) is 21.8. The van der Waals surface area contributed by atoms with Gasteiger partial charge < -0.3 is 0 Å². The topological polar surface area (TPSA) is 0 Å². The van der Waals surface area contributed by atoms with E-state index in [4.69, 9.17) is 0 Å². The summed E-state index contributed by atoms with van der Waals surface area (Å²) in [5, 5.41) is 15.0. The van der Waals surface area contributed by atoms with Crippen molar-refractivity contribution in [1.29, 1.82) is 0 Å². The Kier molecular flexibility index (Phi) is 9.68. The minimum atomic E-state index is 1.20. The van der Waals surface area contributed by atoms with Crippen LogP contribution in [0.5, 0.6) is 0 Å². The Bertz CT molecular complexity index is 3680. The van der Waals surface area contributed by atoms with Crippen LogP contribution in [0.4, 0.5) is 0 Å². The van der Waals surface area contributed by atoms with Crippen LogP contribution in [-0.4, -0.2) is 0 Å². The molecule has 0 heteroatoms. The molecule has 63 heavy (non-hydrogen) atoms. The molecule has 0 radical (unpaired) electrons. The molecule has 0 aliphatic carbocycles. The molecule has 0 aromatic heterocycles. The van der Waals surface area contributed by atoms with Crippen molar-refractivity contribution in [3.63, 3.8) is 0 Å². The van der Waals surface area contributed by atoms with Gasteiger partial charge in [-0.25, -0.2) is 0 Å². The predicted molar refractivity (Wildman–Crippen MR) is 275 cm³/mol. The fraction of sp³-hybridized carbons (Fsp3) is 0.0159. The van der Waals surface area contributed by atoms with E-state index in [0.717, 1.165) is 0 Å². The van der Waals surface area contributed by atoms with Crippen LogP contribution in [-0.2, 0) is 0 Å². The molecule has 0 bridgehead atoms. The summed E-state index contributed by atoms with van der Waals surface area (Å²) in [4.78, 5) is 0. The molecule has 12 aromatic carbocycles. The maximum atomic E-state index is 3.36. The Morgan fingerprint density at radius 1 is 0.254 bits per heavy atom. The van der Waals surface area contributed by atoms with Gasteiger partial charge in [-0.1, -0.05) is 237 Å². The molecule has 0 aliphatic rings. The number of fused-ring (bicyclic) bond motifs is 6. The summed E-state index contributed by atoms with van der Waals surface area (Å²) < 4.78 is 0. The van der Waals surface area contributed by atoms with Gasteiger partial charge in [0.1, 0.15) is 0 Å². The molecule has 12 rings (SSSR count). The van der Waals surface area contributed by atoms with Crippen LogP contribution in [0.15, 0.2) is 243 Å². The zero-order valence-electron chi connectivity index (χ0n) is 35.2. The van der Waals surface area contributed by atoms with E-state index in [-0.39, 0.29) is 0 Å². The van der Waals surface area contributed by atoms with Gasteiger partial charge in [-0.15, -0.1) is 6.58 Å². The number of rotatable bonds is 5. The molecule has 12 aromatic rings. The van der Waals surface area contributed by atoms with E-state index >= 15 is 0 Å². The summed E-state index contributed by atoms with van der Waals surface area (Å²) >= 11 is 0. The Morgan fingerprint density at radius 3 is 1.02 bits per heavy atom. The Morgan fingerprint density at radius 2 is 0.540 bits per heavy atom. The molecule has 0 nitrogen and oxygen atoms in total. The van der Waals surface area contributed by atoms with Crippen LogP contribution in [0.1, 0.15) is 6.92 Å². The number of benzene rings is 12. The fourth-order valence-corrected chi connectivity index (χ4v) is 10.0. The van der Waals surface area contributed by atoms with Crippen molar-refractivity contribution in [1.82, 2.24) is 0 Å². The normalized spacial score (nSPS) is 11.3. The fourth-order valence-electron chi connectivity index (χ4n) is 10.0. The molecule has 0 fully saturated rings. The standard InChI is InChI=1S/C60H38.C3H6/c1-5-23-45-39(15-1)19-9-27-46(45)43-35-37-44(38-36-43)57-55-33-13-32-54(51-29-11-21-41-17-3-7-25-48(41)51)60(55)59(52-30-12-22-42-18-4-8-26-49(42)52)56-34-14-31-53(58(56)57)50-28-10-20-40-16-2-6-24-47(40)50;1-3-2/h1-38H;3H,1H2,2H3. The summed E-state index contributed by atoms with van der Waals surface area (Å²) in [6.45, 7) is 5.25. The third-order valence-corrected chi connectivity index (χ3v) is 12.7. The van der Waals surface area contributed by atoms with Crippen LogP contribution in [0, 0.1) is 0 Å². The zero-order chi connectivity index (χ0) is 42.3. The molecular formula is C63H44. The van der Waals surface area contributed by atoms with E-state index in [9.17, 15) is 0 Å². The summed E-state index contributed by atoms with van der Waals surface area (Å²) in [6.07, 6.45) is 1.75. The van der Waals surface area contributed by atoms with Crippen LogP contribution in [0.3, 0.4) is 0 Å². The summed E-state index contributed by atoms with van der Waals surface area (Å²) in [5.41, 5.74) is 12.3. The molecule has 0 atom stereocenters. The van der Waals surface area contributed by atoms with Crippen LogP contribution >= 0.6 is 0 Å². The van der Waals surface area contributed by atoms with Crippen molar-refractivity contribution in [2.45, 2.75) is 6.92 Å². The summed E-state index contributed by atoms with van der Waals surface area (Å²) in [5.74, 6) is 0. The van der Waals surface area contributed by atoms with E-state index in [0.29, 0.717) is 0 Å². The summed E-state index contributed by atoms with van der Waals surface area (Å²) in [7, 11) is 0. The van der Waals surface area contributed by atoms with Gasteiger partial charge >= 0.3 is 0 Å². The summed E-state index contributed by atoms with van der Waals surface area (Å²) in [6, 6.07) is 85.3. The van der Waals surface area contributed by atoms with Gasteiger partial charge in [-0.3, -0.25) is 0 Å². The van der Waals surface area contributed by atoms with Crippen molar-refractivity contribution in [3.8, 4) is 55.6 Å². The lowest BCUT2D eigenvalue weighted by Gasteiger charge is -2.24. The Labute approximate surface area is 368 Å². The van der Waals surface area contributed by atoms with Gasteiger partial charge in [0.25, 0.3) is 0 Å². The van der Waals surface area contributed by atoms with Gasteiger partial charge in [0.2, 0.25) is 0 Å². The van der Waals surface area contributed by atoms with E-state index in [1.807, 2.05) is 6.92 Å². The largest absolute Gasteiger partial charge is 0.103 e. The zero-order valence-corrected chi connectivity index (χ0v) is 35.2. The van der Waals surface area contributed by atoms with Gasteiger partial charge in [0, 0.05) is 0 Å². The van der Waals surface area contributed by atoms with Crippen LogP contribution < -0.4 is 0 Å². The Hall–Kier alpha value is -8.06. The van der Waals surface area contributed by atoms with E-state index in [1.165, 1.54) is 120 Å². The maximum absolute atomic E-state index is 3.36. The molecule has 0 amide bonds. The monoisotopic (exact) mass is 800 g/mol. The maximum Gasteiger partial charge on any atom is -0.00137 e. The highest BCUT2D eigenvalue weighted by atomic mass is 14.3. The third-order valence-electron chi connectivity index (χ3n) is 12.7. The number of hydrogen-bond donors (Lipinski definition) is 0. The first-order valence-corrected chi connectivity index (χ1v) is 21.8. The van der Waals surface area contributed by atoms with Crippen molar-refractivity contribution >= 4 is 64.6 Å². The minimum Gasteiger partial charge on any atom is -0.103 e. The molecule has 0 saturated carbocycles. The SMILES string of the molecule is C=CC.c1ccc2c(-c3ccc(-c4c5cccc(-c6cccc7ccccc67)c5c(-c5cccc6ccccc56)c5cccc(-c6cccc7ccccc67)c45)cc3)cccc2c1. The van der Waals surface area contributed by atoms with Crippen molar-refractivity contribution < 1.29 is 0 Å². The van der Waals surface area contributed by atoms with Crippen molar-refractivity contribution in [2.24, 2.45) is 0 Å². The second-order valence-electron chi connectivity index (χ2n) is 16.3. The lowest BCUT2D eigenvalue weighted by molar-refractivity contribution is 1.63. The lowest BCUT2D eigenvalue weighted by atomic mass is 9.79. The highest BCUT2D eigenvalue weighted by Gasteiger charge is 2.24. The van der Waals surface area contributed by atoms with Gasteiger partial charge in [0.05, 0.1) is 0 Å². The predicted octanol–water partition coefficient (Wildman–Crippen LogP) is 18.1. The highest BCUT2D eigenvalue weighted by Crippen LogP contribution is 2.52. The van der Waals surface area contributed by atoms with Crippen LogP contribution in [0.2, 0.25) is 0 Å². The van der Waals surface area contributed by atoms with E-state index < -0.39 is 0 Å². The molecule has 0 saturated heterocycles. The van der Waals surface area contributed by atoms with Crippen LogP contribution in [0.25, 0.3) is 120 Å². The molecule has 0 heterocycles. The second kappa shape index (κ2) is 16.1.